The van der Waals surface area contributed by atoms with Crippen molar-refractivity contribution in [2.24, 2.45) is 7.05 Å². The highest BCUT2D eigenvalue weighted by atomic mass is 16.5. The Morgan fingerprint density at radius 2 is 2.03 bits per heavy atom. The Balaban J connectivity index is 1.49. The summed E-state index contributed by atoms with van der Waals surface area (Å²) in [5.74, 6) is -0.0637. The summed E-state index contributed by atoms with van der Waals surface area (Å²) in [4.78, 5) is 36.0. The van der Waals surface area contributed by atoms with E-state index in [-0.39, 0.29) is 17.6 Å². The summed E-state index contributed by atoms with van der Waals surface area (Å²) in [6, 6.07) is 12.9. The molecule has 1 atom stereocenters. The fourth-order valence-corrected chi connectivity index (χ4v) is 3.83. The number of carbonyl (C=O) groups is 1. The Hall–Kier alpha value is -3.58. The molecule has 3 heterocycles. The number of hydrogen-bond donors (Lipinski definition) is 0. The molecule has 4 aromatic rings. The van der Waals surface area contributed by atoms with Crippen molar-refractivity contribution in [1.29, 1.82) is 0 Å². The van der Waals surface area contributed by atoms with Crippen LogP contribution >= 0.6 is 0 Å². The van der Waals surface area contributed by atoms with Gasteiger partial charge in [-0.05, 0) is 48.2 Å². The molecule has 1 aliphatic heterocycles. The lowest BCUT2D eigenvalue weighted by Gasteiger charge is -2.30. The van der Waals surface area contributed by atoms with Crippen LogP contribution in [0.4, 0.5) is 0 Å². The number of benzene rings is 2. The molecule has 5 rings (SSSR count). The summed E-state index contributed by atoms with van der Waals surface area (Å²) in [6.07, 6.45) is 4.59. The first kappa shape index (κ1) is 19.4. The maximum atomic E-state index is 12.8. The molecule has 0 radical (unpaired) electrons. The third kappa shape index (κ3) is 3.57. The van der Waals surface area contributed by atoms with Gasteiger partial charge < -0.3 is 14.2 Å². The van der Waals surface area contributed by atoms with Crippen LogP contribution in [0.15, 0.2) is 59.7 Å². The SMILES string of the molecule is CN(C[C@@H]1CCO1)C(=O)c1ccc2ncc(-c3ccc4c(=O)n(C)ccc4c3)nc2c1. The molecule has 0 unspecified atom stereocenters. The Kier molecular flexibility index (Phi) is 4.75. The highest BCUT2D eigenvalue weighted by Gasteiger charge is 2.23. The molecule has 31 heavy (non-hydrogen) atoms. The number of carbonyl (C=O) groups excluding carboxylic acids is 1. The monoisotopic (exact) mass is 414 g/mol. The van der Waals surface area contributed by atoms with Gasteiger partial charge in [-0.2, -0.15) is 0 Å². The first-order chi connectivity index (χ1) is 15.0. The second-order valence-electron chi connectivity index (χ2n) is 7.96. The summed E-state index contributed by atoms with van der Waals surface area (Å²) in [5.41, 5.74) is 3.47. The number of pyridine rings is 1. The number of rotatable bonds is 4. The number of likely N-dealkylation sites (N-methyl/N-ethyl adjacent to an activating group) is 1. The molecule has 1 saturated heterocycles. The van der Waals surface area contributed by atoms with Crippen molar-refractivity contribution in [3.8, 4) is 11.3 Å². The van der Waals surface area contributed by atoms with E-state index in [1.807, 2.05) is 30.3 Å². The average Bonchev–Trinajstić information content (AvgIpc) is 2.77. The quantitative estimate of drug-likeness (QED) is 0.513. The molecule has 1 fully saturated rings. The van der Waals surface area contributed by atoms with Crippen molar-refractivity contribution < 1.29 is 9.53 Å². The summed E-state index contributed by atoms with van der Waals surface area (Å²) in [7, 11) is 3.52. The third-order valence-corrected chi connectivity index (χ3v) is 5.78. The number of ether oxygens (including phenoxy) is 1. The molecule has 0 saturated carbocycles. The van der Waals surface area contributed by atoms with Crippen LogP contribution in [0.5, 0.6) is 0 Å². The third-order valence-electron chi connectivity index (χ3n) is 5.78. The molecular formula is C24H22N4O3. The topological polar surface area (TPSA) is 77.3 Å². The fraction of sp³-hybridized carbons (Fsp3) is 0.250. The molecule has 156 valence electrons. The minimum absolute atomic E-state index is 0.0341. The van der Waals surface area contributed by atoms with E-state index in [0.717, 1.165) is 29.5 Å². The number of aromatic nitrogens is 3. The van der Waals surface area contributed by atoms with Crippen LogP contribution in [0.1, 0.15) is 16.8 Å². The van der Waals surface area contributed by atoms with Crippen LogP contribution < -0.4 is 5.56 Å². The molecular weight excluding hydrogens is 392 g/mol. The van der Waals surface area contributed by atoms with Gasteiger partial charge >= 0.3 is 0 Å². The molecule has 0 bridgehead atoms. The highest BCUT2D eigenvalue weighted by Crippen LogP contribution is 2.23. The molecule has 1 amide bonds. The number of hydrogen-bond acceptors (Lipinski definition) is 5. The zero-order chi connectivity index (χ0) is 21.5. The van der Waals surface area contributed by atoms with E-state index < -0.39 is 0 Å². The molecule has 0 aliphatic carbocycles. The first-order valence-electron chi connectivity index (χ1n) is 10.2. The van der Waals surface area contributed by atoms with E-state index in [9.17, 15) is 9.59 Å². The average molecular weight is 414 g/mol. The second kappa shape index (κ2) is 7.59. The highest BCUT2D eigenvalue weighted by molar-refractivity contribution is 5.97. The van der Waals surface area contributed by atoms with Gasteiger partial charge in [0.05, 0.1) is 29.0 Å². The molecule has 0 N–H and O–H groups in total. The van der Waals surface area contributed by atoms with Gasteiger partial charge in [0.15, 0.2) is 0 Å². The van der Waals surface area contributed by atoms with Gasteiger partial charge in [0.25, 0.3) is 11.5 Å². The minimum Gasteiger partial charge on any atom is -0.376 e. The van der Waals surface area contributed by atoms with Crippen LogP contribution in [0.3, 0.4) is 0 Å². The summed E-state index contributed by atoms with van der Waals surface area (Å²) in [5, 5.41) is 1.51. The van der Waals surface area contributed by atoms with Crippen molar-refractivity contribution in [3.05, 3.63) is 70.8 Å². The van der Waals surface area contributed by atoms with Crippen LogP contribution in [0.25, 0.3) is 33.1 Å². The van der Waals surface area contributed by atoms with Gasteiger partial charge in [-0.25, -0.2) is 4.98 Å². The van der Waals surface area contributed by atoms with Crippen molar-refractivity contribution >= 4 is 27.7 Å². The van der Waals surface area contributed by atoms with E-state index in [1.54, 1.807) is 48.1 Å². The summed E-state index contributed by atoms with van der Waals surface area (Å²) < 4.78 is 6.99. The smallest absolute Gasteiger partial charge is 0.258 e. The molecule has 7 nitrogen and oxygen atoms in total. The molecule has 1 aliphatic rings. The number of aryl methyl sites for hydroxylation is 1. The molecule has 7 heteroatoms. The molecule has 0 spiro atoms. The lowest BCUT2D eigenvalue weighted by Crippen LogP contribution is -2.40. The Morgan fingerprint density at radius 1 is 1.19 bits per heavy atom. The van der Waals surface area contributed by atoms with Gasteiger partial charge in [0, 0.05) is 50.0 Å². The van der Waals surface area contributed by atoms with E-state index >= 15 is 0 Å². The summed E-state index contributed by atoms with van der Waals surface area (Å²) >= 11 is 0. The van der Waals surface area contributed by atoms with Gasteiger partial charge in [-0.3, -0.25) is 14.6 Å². The lowest BCUT2D eigenvalue weighted by molar-refractivity contribution is -0.0603. The predicted molar refractivity (Wildman–Crippen MR) is 119 cm³/mol. The van der Waals surface area contributed by atoms with Crippen LogP contribution in [-0.2, 0) is 11.8 Å². The largest absolute Gasteiger partial charge is 0.376 e. The first-order valence-corrected chi connectivity index (χ1v) is 10.2. The van der Waals surface area contributed by atoms with Gasteiger partial charge in [-0.15, -0.1) is 0 Å². The molecule has 2 aromatic carbocycles. The Morgan fingerprint density at radius 3 is 2.81 bits per heavy atom. The van der Waals surface area contributed by atoms with E-state index in [2.05, 4.69) is 4.98 Å². The van der Waals surface area contributed by atoms with Gasteiger partial charge in [0.1, 0.15) is 0 Å². The Bertz CT molecular complexity index is 1370. The van der Waals surface area contributed by atoms with Crippen molar-refractivity contribution in [2.75, 3.05) is 20.2 Å². The summed E-state index contributed by atoms with van der Waals surface area (Å²) in [6.45, 7) is 1.35. The zero-order valence-corrected chi connectivity index (χ0v) is 17.4. The van der Waals surface area contributed by atoms with E-state index in [1.165, 1.54) is 0 Å². The van der Waals surface area contributed by atoms with E-state index in [0.29, 0.717) is 28.7 Å². The normalized spacial score (nSPS) is 15.7. The van der Waals surface area contributed by atoms with E-state index in [4.69, 9.17) is 9.72 Å². The maximum Gasteiger partial charge on any atom is 0.258 e. The van der Waals surface area contributed by atoms with Crippen molar-refractivity contribution in [2.45, 2.75) is 12.5 Å². The van der Waals surface area contributed by atoms with Crippen molar-refractivity contribution in [1.82, 2.24) is 19.4 Å². The fourth-order valence-electron chi connectivity index (χ4n) is 3.83. The zero-order valence-electron chi connectivity index (χ0n) is 17.4. The van der Waals surface area contributed by atoms with Crippen LogP contribution in [0, 0.1) is 0 Å². The standard InChI is InChI=1S/C24H22N4O3/c1-27-9-7-15-11-16(3-5-19(15)24(27)30)22-13-25-20-6-4-17(12-21(20)26-22)23(29)28(2)14-18-8-10-31-18/h3-7,9,11-13,18H,8,10,14H2,1-2H3/t18-/m0/s1. The van der Waals surface area contributed by atoms with Gasteiger partial charge in [-0.1, -0.05) is 6.07 Å². The Labute approximate surface area is 178 Å². The number of fused-ring (bicyclic) bond motifs is 2. The number of amides is 1. The predicted octanol–water partition coefficient (Wildman–Crippen LogP) is 3.01. The van der Waals surface area contributed by atoms with Crippen LogP contribution in [-0.4, -0.2) is 51.6 Å². The number of nitrogens with zero attached hydrogens (tertiary/aromatic N) is 4. The lowest BCUT2D eigenvalue weighted by atomic mass is 10.1. The maximum absolute atomic E-state index is 12.8. The second-order valence-corrected chi connectivity index (χ2v) is 7.96. The minimum atomic E-state index is -0.0637. The molecule has 2 aromatic heterocycles. The van der Waals surface area contributed by atoms with Gasteiger partial charge in [0.2, 0.25) is 0 Å². The van der Waals surface area contributed by atoms with Crippen LogP contribution in [0.2, 0.25) is 0 Å². The van der Waals surface area contributed by atoms with Crippen molar-refractivity contribution in [3.63, 3.8) is 0 Å².